The minimum absolute atomic E-state index is 0.323. The van der Waals surface area contributed by atoms with Crippen LogP contribution in [-0.2, 0) is 0 Å². The number of methoxy groups -OCH3 is 1. The molecule has 0 bridgehead atoms. The van der Waals surface area contributed by atoms with E-state index < -0.39 is 0 Å². The molecule has 0 spiro atoms. The van der Waals surface area contributed by atoms with Gasteiger partial charge in [0.1, 0.15) is 5.82 Å². The van der Waals surface area contributed by atoms with E-state index in [1.807, 2.05) is 43.3 Å². The van der Waals surface area contributed by atoms with Crippen LogP contribution < -0.4 is 20.9 Å². The Bertz CT molecular complexity index is 1510. The molecule has 4 aromatic rings. The van der Waals surface area contributed by atoms with Crippen molar-refractivity contribution in [2.24, 2.45) is 0 Å². The molecule has 7 nitrogen and oxygen atoms in total. The molecular formula is C28H27N5O2. The molecule has 1 aliphatic rings. The van der Waals surface area contributed by atoms with Gasteiger partial charge in [-0.1, -0.05) is 24.3 Å². The summed E-state index contributed by atoms with van der Waals surface area (Å²) >= 11 is 0. The van der Waals surface area contributed by atoms with E-state index in [1.165, 1.54) is 16.7 Å². The standard InChI is InChI=1S/C28H27N5O2/c1-17-15-21(9-10-22(17)19-11-13-29-14-12-19)31-27-26-20(8-7-18(2)30-28(26)34)16-24(33-27)23-5-4-6-25(32-23)35-3/h4-11,15-16,29H,12-14H2,1-3H3,(H,31,33). The van der Waals surface area contributed by atoms with Crippen LogP contribution >= 0.6 is 0 Å². The maximum atomic E-state index is 13.0. The number of nitrogens with zero attached hydrogens (tertiary/aromatic N) is 3. The lowest BCUT2D eigenvalue weighted by Gasteiger charge is -2.17. The average Bonchev–Trinajstić information content (AvgIpc) is 3.02. The first kappa shape index (κ1) is 22.7. The van der Waals surface area contributed by atoms with Crippen molar-refractivity contribution in [1.82, 2.24) is 20.3 Å². The lowest BCUT2D eigenvalue weighted by molar-refractivity contribution is 0.398. The molecule has 3 aromatic heterocycles. The summed E-state index contributed by atoms with van der Waals surface area (Å²) in [6.45, 7) is 5.80. The number of fused-ring (bicyclic) bond motifs is 1. The highest BCUT2D eigenvalue weighted by molar-refractivity contribution is 5.95. The third-order valence-corrected chi connectivity index (χ3v) is 6.14. The van der Waals surface area contributed by atoms with E-state index in [-0.39, 0.29) is 5.56 Å². The van der Waals surface area contributed by atoms with Crippen LogP contribution in [-0.4, -0.2) is 35.2 Å². The van der Waals surface area contributed by atoms with Gasteiger partial charge in [0.05, 0.1) is 23.9 Å². The van der Waals surface area contributed by atoms with Crippen molar-refractivity contribution < 1.29 is 4.74 Å². The molecular weight excluding hydrogens is 438 g/mol. The molecule has 4 heterocycles. The maximum absolute atomic E-state index is 13.0. The Morgan fingerprint density at radius 2 is 1.86 bits per heavy atom. The molecule has 0 unspecified atom stereocenters. The predicted molar refractivity (Wildman–Crippen MR) is 140 cm³/mol. The number of rotatable bonds is 5. The third kappa shape index (κ3) is 4.76. The van der Waals surface area contributed by atoms with Crippen molar-refractivity contribution >= 4 is 27.9 Å². The summed E-state index contributed by atoms with van der Waals surface area (Å²) in [6, 6.07) is 17.4. The van der Waals surface area contributed by atoms with E-state index in [4.69, 9.17) is 9.72 Å². The molecule has 35 heavy (non-hydrogen) atoms. The second-order valence-corrected chi connectivity index (χ2v) is 8.62. The van der Waals surface area contributed by atoms with E-state index >= 15 is 0 Å². The molecule has 0 atom stereocenters. The van der Waals surface area contributed by atoms with Gasteiger partial charge in [0.2, 0.25) is 5.88 Å². The van der Waals surface area contributed by atoms with E-state index in [1.54, 1.807) is 13.2 Å². The van der Waals surface area contributed by atoms with Gasteiger partial charge in [-0.15, -0.1) is 0 Å². The van der Waals surface area contributed by atoms with Gasteiger partial charge in [0.15, 0.2) is 0 Å². The highest BCUT2D eigenvalue weighted by Gasteiger charge is 2.14. The fraction of sp³-hybridized carbons (Fsp3) is 0.214. The third-order valence-electron chi connectivity index (χ3n) is 6.14. The fourth-order valence-corrected chi connectivity index (χ4v) is 4.38. The van der Waals surface area contributed by atoms with Crippen molar-refractivity contribution in [2.45, 2.75) is 20.3 Å². The number of aromatic nitrogens is 3. The lowest BCUT2D eigenvalue weighted by Crippen LogP contribution is -2.20. The summed E-state index contributed by atoms with van der Waals surface area (Å²) in [5.41, 5.74) is 6.24. The Morgan fingerprint density at radius 3 is 2.63 bits per heavy atom. The second-order valence-electron chi connectivity index (χ2n) is 8.62. The Labute approximate surface area is 203 Å². The molecule has 2 N–H and O–H groups in total. The number of pyridine rings is 2. The first-order chi connectivity index (χ1) is 17.0. The van der Waals surface area contributed by atoms with Gasteiger partial charge in [-0.05, 0) is 79.2 Å². The first-order valence-electron chi connectivity index (χ1n) is 11.6. The Morgan fingerprint density at radius 1 is 0.971 bits per heavy atom. The monoisotopic (exact) mass is 465 g/mol. The van der Waals surface area contributed by atoms with E-state index in [0.717, 1.165) is 30.6 Å². The molecule has 176 valence electrons. The van der Waals surface area contributed by atoms with Crippen LogP contribution in [0, 0.1) is 13.8 Å². The number of hydrogen-bond donors (Lipinski definition) is 2. The number of anilines is 2. The zero-order valence-corrected chi connectivity index (χ0v) is 20.1. The topological polar surface area (TPSA) is 89.0 Å². The number of hydrogen-bond acceptors (Lipinski definition) is 7. The Hall–Kier alpha value is -4.10. The molecule has 0 saturated carbocycles. The molecule has 0 amide bonds. The smallest absolute Gasteiger partial charge is 0.281 e. The number of benzene rings is 1. The quantitative estimate of drug-likeness (QED) is 0.438. The maximum Gasteiger partial charge on any atom is 0.281 e. The normalized spacial score (nSPS) is 13.4. The van der Waals surface area contributed by atoms with Crippen molar-refractivity contribution in [2.75, 3.05) is 25.5 Å². The van der Waals surface area contributed by atoms with Crippen molar-refractivity contribution in [3.05, 3.63) is 87.8 Å². The average molecular weight is 466 g/mol. The second kappa shape index (κ2) is 9.64. The van der Waals surface area contributed by atoms with Gasteiger partial charge in [-0.25, -0.2) is 15.0 Å². The van der Waals surface area contributed by atoms with Crippen LogP contribution in [0.1, 0.15) is 23.2 Å². The van der Waals surface area contributed by atoms with Gasteiger partial charge in [0, 0.05) is 24.0 Å². The zero-order valence-electron chi connectivity index (χ0n) is 20.1. The molecule has 7 heteroatoms. The zero-order chi connectivity index (χ0) is 24.4. The highest BCUT2D eigenvalue weighted by atomic mass is 16.5. The van der Waals surface area contributed by atoms with Crippen molar-refractivity contribution in [3.8, 4) is 17.3 Å². The molecule has 1 aromatic carbocycles. The van der Waals surface area contributed by atoms with Gasteiger partial charge in [-0.2, -0.15) is 0 Å². The minimum Gasteiger partial charge on any atom is -0.481 e. The number of aryl methyl sites for hydroxylation is 2. The van der Waals surface area contributed by atoms with Crippen LogP contribution in [0.25, 0.3) is 27.7 Å². The van der Waals surface area contributed by atoms with E-state index in [9.17, 15) is 4.79 Å². The summed E-state index contributed by atoms with van der Waals surface area (Å²) in [5.74, 6) is 0.946. The van der Waals surface area contributed by atoms with Crippen molar-refractivity contribution in [1.29, 1.82) is 0 Å². The van der Waals surface area contributed by atoms with Crippen LogP contribution in [0.3, 0.4) is 0 Å². The van der Waals surface area contributed by atoms with E-state index in [2.05, 4.69) is 45.7 Å². The summed E-state index contributed by atoms with van der Waals surface area (Å²) in [5, 5.41) is 7.92. The van der Waals surface area contributed by atoms with E-state index in [0.29, 0.717) is 34.2 Å². The summed E-state index contributed by atoms with van der Waals surface area (Å²) in [6.07, 6.45) is 3.26. The molecule has 0 radical (unpaired) electrons. The Balaban J connectivity index is 1.63. The summed E-state index contributed by atoms with van der Waals surface area (Å²) in [4.78, 5) is 26.6. The molecule has 1 aliphatic heterocycles. The van der Waals surface area contributed by atoms with Crippen LogP contribution in [0.5, 0.6) is 5.88 Å². The van der Waals surface area contributed by atoms with Gasteiger partial charge < -0.3 is 15.4 Å². The predicted octanol–water partition coefficient (Wildman–Crippen LogP) is 4.80. The summed E-state index contributed by atoms with van der Waals surface area (Å²) in [7, 11) is 1.58. The molecule has 5 rings (SSSR count). The highest BCUT2D eigenvalue weighted by Crippen LogP contribution is 2.30. The van der Waals surface area contributed by atoms with Gasteiger partial charge in [-0.3, -0.25) is 4.79 Å². The van der Waals surface area contributed by atoms with Crippen LogP contribution in [0.15, 0.2) is 65.5 Å². The van der Waals surface area contributed by atoms with Gasteiger partial charge in [0.25, 0.3) is 5.56 Å². The summed E-state index contributed by atoms with van der Waals surface area (Å²) < 4.78 is 5.29. The fourth-order valence-electron chi connectivity index (χ4n) is 4.38. The number of nitrogens with one attached hydrogen (secondary N) is 2. The van der Waals surface area contributed by atoms with Crippen LogP contribution in [0.4, 0.5) is 11.5 Å². The lowest BCUT2D eigenvalue weighted by atomic mass is 9.96. The van der Waals surface area contributed by atoms with Crippen LogP contribution in [0.2, 0.25) is 0 Å². The number of ether oxygens (including phenoxy) is 1. The van der Waals surface area contributed by atoms with Crippen molar-refractivity contribution in [3.63, 3.8) is 0 Å². The largest absolute Gasteiger partial charge is 0.481 e. The Kier molecular flexibility index (Phi) is 6.25. The first-order valence-corrected chi connectivity index (χ1v) is 11.6. The SMILES string of the molecule is COc1cccc(-c2cc3ccc(C)nc(=O)c3c(Nc3ccc(C4=CCNCC4)c(C)c3)n2)n1. The molecule has 0 saturated heterocycles. The molecule has 0 aliphatic carbocycles. The minimum atomic E-state index is -0.323. The van der Waals surface area contributed by atoms with Gasteiger partial charge >= 0.3 is 0 Å². The molecule has 0 fully saturated rings.